The van der Waals surface area contributed by atoms with Crippen LogP contribution >= 0.6 is 0 Å². The second-order valence-electron chi connectivity index (χ2n) is 8.97. The molecule has 1 aromatic carbocycles. The summed E-state index contributed by atoms with van der Waals surface area (Å²) < 4.78 is 0. The van der Waals surface area contributed by atoms with Crippen LogP contribution in [0, 0.1) is 12.3 Å². The molecule has 2 saturated heterocycles. The zero-order valence-corrected chi connectivity index (χ0v) is 16.7. The molecule has 0 atom stereocenters. The lowest BCUT2D eigenvalue weighted by Crippen LogP contribution is -2.69. The van der Waals surface area contributed by atoms with Gasteiger partial charge in [0.2, 0.25) is 0 Å². The van der Waals surface area contributed by atoms with Gasteiger partial charge in [0.25, 0.3) is 5.91 Å². The fourth-order valence-corrected chi connectivity index (χ4v) is 5.07. The monoisotopic (exact) mass is 367 g/mol. The van der Waals surface area contributed by atoms with Crippen LogP contribution in [0.3, 0.4) is 0 Å². The number of benzene rings is 1. The minimum Gasteiger partial charge on any atom is -0.323 e. The van der Waals surface area contributed by atoms with Gasteiger partial charge in [-0.25, -0.2) is 4.79 Å². The van der Waals surface area contributed by atoms with E-state index >= 15 is 0 Å². The van der Waals surface area contributed by atoms with Crippen LogP contribution in [0.4, 0.5) is 4.79 Å². The SMILES string of the molecule is C#CCN1C(C)(C)CC2(CC1(C)C)NC(=O)N(CCc1ccccc1)C2=O. The molecule has 0 saturated carbocycles. The molecule has 1 aromatic rings. The molecule has 0 bridgehead atoms. The van der Waals surface area contributed by atoms with Crippen LogP contribution in [0.1, 0.15) is 46.1 Å². The van der Waals surface area contributed by atoms with Crippen molar-refractivity contribution in [2.45, 2.75) is 63.6 Å². The summed E-state index contributed by atoms with van der Waals surface area (Å²) in [5, 5.41) is 3.04. The van der Waals surface area contributed by atoms with Gasteiger partial charge in [0.05, 0.1) is 6.54 Å². The van der Waals surface area contributed by atoms with Crippen LogP contribution in [0.2, 0.25) is 0 Å². The van der Waals surface area contributed by atoms with Gasteiger partial charge in [-0.3, -0.25) is 14.6 Å². The number of nitrogens with one attached hydrogen (secondary N) is 1. The Morgan fingerprint density at radius 3 is 2.22 bits per heavy atom. The van der Waals surface area contributed by atoms with Crippen molar-refractivity contribution < 1.29 is 9.59 Å². The van der Waals surface area contributed by atoms with E-state index in [0.717, 1.165) is 5.56 Å². The topological polar surface area (TPSA) is 52.7 Å². The number of hydrogen-bond donors (Lipinski definition) is 1. The Kier molecular flexibility index (Phi) is 4.81. The summed E-state index contributed by atoms with van der Waals surface area (Å²) in [6, 6.07) is 9.63. The first kappa shape index (κ1) is 19.4. The summed E-state index contributed by atoms with van der Waals surface area (Å²) in [5.74, 6) is 2.63. The number of amides is 3. The maximum atomic E-state index is 13.3. The van der Waals surface area contributed by atoms with Crippen molar-refractivity contribution in [3.05, 3.63) is 35.9 Å². The fraction of sp³-hybridized carbons (Fsp3) is 0.545. The third-order valence-corrected chi connectivity index (χ3v) is 5.89. The van der Waals surface area contributed by atoms with Gasteiger partial charge in [-0.15, -0.1) is 6.42 Å². The van der Waals surface area contributed by atoms with Crippen LogP contribution in [-0.2, 0) is 11.2 Å². The van der Waals surface area contributed by atoms with E-state index in [1.807, 2.05) is 30.3 Å². The Balaban J connectivity index is 1.82. The largest absolute Gasteiger partial charge is 0.325 e. The number of nitrogens with zero attached hydrogens (tertiary/aromatic N) is 2. The van der Waals surface area contributed by atoms with Gasteiger partial charge >= 0.3 is 6.03 Å². The van der Waals surface area contributed by atoms with E-state index in [9.17, 15) is 9.59 Å². The third-order valence-electron chi connectivity index (χ3n) is 5.89. The van der Waals surface area contributed by atoms with Crippen LogP contribution in [-0.4, -0.2) is 51.4 Å². The normalized spacial score (nSPS) is 23.3. The van der Waals surface area contributed by atoms with E-state index < -0.39 is 5.54 Å². The number of terminal acetylenes is 1. The van der Waals surface area contributed by atoms with Crippen molar-refractivity contribution in [2.75, 3.05) is 13.1 Å². The maximum absolute atomic E-state index is 13.3. The van der Waals surface area contributed by atoms with Crippen molar-refractivity contribution in [3.63, 3.8) is 0 Å². The van der Waals surface area contributed by atoms with Gasteiger partial charge in [-0.05, 0) is 52.5 Å². The summed E-state index contributed by atoms with van der Waals surface area (Å²) in [7, 11) is 0. The molecular weight excluding hydrogens is 338 g/mol. The number of urea groups is 1. The molecule has 2 aliphatic heterocycles. The van der Waals surface area contributed by atoms with Gasteiger partial charge in [0.15, 0.2) is 0 Å². The number of rotatable bonds is 4. The summed E-state index contributed by atoms with van der Waals surface area (Å²) in [6.45, 7) is 9.30. The van der Waals surface area contributed by atoms with Crippen LogP contribution in [0.15, 0.2) is 30.3 Å². The molecule has 1 spiro atoms. The highest BCUT2D eigenvalue weighted by Gasteiger charge is 2.60. The molecule has 144 valence electrons. The molecule has 0 aliphatic carbocycles. The first-order valence-corrected chi connectivity index (χ1v) is 9.51. The Hall–Kier alpha value is -2.32. The number of piperidine rings is 1. The van der Waals surface area contributed by atoms with Crippen molar-refractivity contribution in [1.82, 2.24) is 15.1 Å². The van der Waals surface area contributed by atoms with Gasteiger partial charge in [0.1, 0.15) is 5.54 Å². The predicted molar refractivity (Wildman–Crippen MR) is 106 cm³/mol. The van der Waals surface area contributed by atoms with E-state index in [0.29, 0.717) is 32.4 Å². The van der Waals surface area contributed by atoms with Gasteiger partial charge < -0.3 is 5.32 Å². The second-order valence-corrected chi connectivity index (χ2v) is 8.97. The van der Waals surface area contributed by atoms with E-state index in [4.69, 9.17) is 6.42 Å². The lowest BCUT2D eigenvalue weighted by molar-refractivity contribution is -0.140. The first-order valence-electron chi connectivity index (χ1n) is 9.51. The zero-order valence-electron chi connectivity index (χ0n) is 16.7. The summed E-state index contributed by atoms with van der Waals surface area (Å²) in [4.78, 5) is 29.6. The van der Waals surface area contributed by atoms with Gasteiger partial charge in [-0.2, -0.15) is 0 Å². The number of carbonyl (C=O) groups is 2. The predicted octanol–water partition coefficient (Wildman–Crippen LogP) is 2.81. The minimum atomic E-state index is -0.855. The molecule has 3 rings (SSSR count). The second kappa shape index (κ2) is 6.69. The van der Waals surface area contributed by atoms with Crippen molar-refractivity contribution in [2.24, 2.45) is 0 Å². The number of hydrogen-bond acceptors (Lipinski definition) is 3. The fourth-order valence-electron chi connectivity index (χ4n) is 5.07. The van der Waals surface area contributed by atoms with E-state index in [1.54, 1.807) is 0 Å². The highest BCUT2D eigenvalue weighted by molar-refractivity contribution is 6.07. The average Bonchev–Trinajstić information content (AvgIpc) is 2.79. The molecule has 2 fully saturated rings. The van der Waals surface area contributed by atoms with E-state index in [-0.39, 0.29) is 23.0 Å². The van der Waals surface area contributed by atoms with Gasteiger partial charge in [-0.1, -0.05) is 36.3 Å². The molecule has 5 heteroatoms. The lowest BCUT2D eigenvalue weighted by atomic mass is 9.69. The Labute approximate surface area is 162 Å². The van der Waals surface area contributed by atoms with E-state index in [1.165, 1.54) is 4.90 Å². The molecule has 1 N–H and O–H groups in total. The number of carbonyl (C=O) groups excluding carboxylic acids is 2. The molecule has 3 amide bonds. The number of likely N-dealkylation sites (tertiary alicyclic amines) is 1. The summed E-state index contributed by atoms with van der Waals surface area (Å²) in [6.07, 6.45) is 7.34. The van der Waals surface area contributed by atoms with Crippen molar-refractivity contribution in [1.29, 1.82) is 0 Å². The molecular formula is C22H29N3O2. The highest BCUT2D eigenvalue weighted by Crippen LogP contribution is 2.45. The van der Waals surface area contributed by atoms with Crippen LogP contribution in [0.5, 0.6) is 0 Å². The maximum Gasteiger partial charge on any atom is 0.325 e. The first-order chi connectivity index (χ1) is 12.6. The van der Waals surface area contributed by atoms with Gasteiger partial charge in [0, 0.05) is 17.6 Å². The Morgan fingerprint density at radius 2 is 1.67 bits per heavy atom. The van der Waals surface area contributed by atoms with E-state index in [2.05, 4.69) is 43.8 Å². The van der Waals surface area contributed by atoms with Crippen molar-refractivity contribution in [3.8, 4) is 12.3 Å². The Morgan fingerprint density at radius 1 is 1.07 bits per heavy atom. The summed E-state index contributed by atoms with van der Waals surface area (Å²) in [5.41, 5.74) is -0.339. The molecule has 0 unspecified atom stereocenters. The minimum absolute atomic E-state index is 0.107. The zero-order chi connectivity index (χ0) is 19.9. The van der Waals surface area contributed by atoms with Crippen molar-refractivity contribution >= 4 is 11.9 Å². The molecule has 27 heavy (non-hydrogen) atoms. The smallest absolute Gasteiger partial charge is 0.323 e. The average molecular weight is 367 g/mol. The standard InChI is InChI=1S/C22H29N3O2/c1-6-13-25-20(2,3)15-22(16-21(25,4)5)18(26)24(19(27)23-22)14-12-17-10-8-7-9-11-17/h1,7-11H,12-16H2,2-5H3,(H,23,27). The highest BCUT2D eigenvalue weighted by atomic mass is 16.2. The molecule has 2 aliphatic rings. The van der Waals surface area contributed by atoms with Crippen LogP contribution in [0.25, 0.3) is 0 Å². The molecule has 5 nitrogen and oxygen atoms in total. The number of imide groups is 1. The third kappa shape index (κ3) is 3.46. The quantitative estimate of drug-likeness (QED) is 0.658. The van der Waals surface area contributed by atoms with Crippen LogP contribution < -0.4 is 5.32 Å². The molecule has 0 radical (unpaired) electrons. The molecule has 0 aromatic heterocycles. The lowest BCUT2D eigenvalue weighted by Gasteiger charge is -2.57. The molecule has 2 heterocycles. The summed E-state index contributed by atoms with van der Waals surface area (Å²) >= 11 is 0. The Bertz CT molecular complexity index is 758.